The fourth-order valence-electron chi connectivity index (χ4n) is 1.77. The zero-order chi connectivity index (χ0) is 13.8. The molecule has 0 saturated heterocycles. The minimum Gasteiger partial charge on any atom is -0.493 e. The van der Waals surface area contributed by atoms with Crippen LogP contribution < -0.4 is 4.74 Å². The molecule has 1 nitrogen and oxygen atoms in total. The number of thiol groups is 2. The molecule has 0 N–H and O–H groups in total. The van der Waals surface area contributed by atoms with Crippen molar-refractivity contribution in [1.29, 1.82) is 0 Å². The SMILES string of the molecule is CCOc1ccc(C)cc1C(S)=C(S)c1cccs1. The average molecular weight is 308 g/mol. The number of hydrogen-bond acceptors (Lipinski definition) is 4. The third kappa shape index (κ3) is 3.38. The first-order chi connectivity index (χ1) is 9.13. The highest BCUT2D eigenvalue weighted by Crippen LogP contribution is 2.38. The lowest BCUT2D eigenvalue weighted by atomic mass is 10.1. The molecular formula is C15H16OS3. The molecule has 0 fully saturated rings. The van der Waals surface area contributed by atoms with Crippen LogP contribution in [-0.2, 0) is 0 Å². The Kier molecular flexibility index (Phi) is 5.02. The van der Waals surface area contributed by atoms with Gasteiger partial charge in [0, 0.05) is 20.3 Å². The molecule has 0 saturated carbocycles. The van der Waals surface area contributed by atoms with E-state index in [1.165, 1.54) is 5.56 Å². The summed E-state index contributed by atoms with van der Waals surface area (Å²) in [7, 11) is 0. The summed E-state index contributed by atoms with van der Waals surface area (Å²) >= 11 is 10.9. The molecule has 1 heterocycles. The Balaban J connectivity index is 2.51. The van der Waals surface area contributed by atoms with Crippen molar-refractivity contribution >= 4 is 46.4 Å². The highest BCUT2D eigenvalue weighted by atomic mass is 32.1. The fraction of sp³-hybridized carbons (Fsp3) is 0.200. The van der Waals surface area contributed by atoms with Crippen LogP contribution in [0.25, 0.3) is 9.81 Å². The van der Waals surface area contributed by atoms with Crippen molar-refractivity contribution in [2.24, 2.45) is 0 Å². The van der Waals surface area contributed by atoms with Crippen LogP contribution in [0.5, 0.6) is 5.75 Å². The third-order valence-corrected chi connectivity index (χ3v) is 4.81. The van der Waals surface area contributed by atoms with E-state index in [0.717, 1.165) is 26.0 Å². The first-order valence-corrected chi connectivity index (χ1v) is 7.80. The molecule has 0 unspecified atom stereocenters. The van der Waals surface area contributed by atoms with Gasteiger partial charge < -0.3 is 4.74 Å². The number of rotatable bonds is 4. The Morgan fingerprint density at radius 3 is 2.63 bits per heavy atom. The van der Waals surface area contributed by atoms with Crippen LogP contribution in [0.1, 0.15) is 22.9 Å². The lowest BCUT2D eigenvalue weighted by Gasteiger charge is -2.12. The second kappa shape index (κ2) is 6.55. The normalized spacial score (nSPS) is 12.2. The van der Waals surface area contributed by atoms with Crippen LogP contribution in [0.2, 0.25) is 0 Å². The summed E-state index contributed by atoms with van der Waals surface area (Å²) in [5.74, 6) is 0.848. The molecule has 4 heteroatoms. The van der Waals surface area contributed by atoms with Crippen LogP contribution in [-0.4, -0.2) is 6.61 Å². The van der Waals surface area contributed by atoms with Crippen LogP contribution in [0.3, 0.4) is 0 Å². The summed E-state index contributed by atoms with van der Waals surface area (Å²) in [4.78, 5) is 2.83. The van der Waals surface area contributed by atoms with Crippen molar-refractivity contribution in [3.63, 3.8) is 0 Å². The highest BCUT2D eigenvalue weighted by molar-refractivity contribution is 7.96. The number of hydrogen-bond donors (Lipinski definition) is 2. The van der Waals surface area contributed by atoms with E-state index in [-0.39, 0.29) is 0 Å². The van der Waals surface area contributed by atoms with Gasteiger partial charge in [-0.05, 0) is 37.4 Å². The van der Waals surface area contributed by atoms with Crippen molar-refractivity contribution in [3.8, 4) is 5.75 Å². The molecule has 100 valence electrons. The number of benzene rings is 1. The van der Waals surface area contributed by atoms with E-state index in [9.17, 15) is 0 Å². The van der Waals surface area contributed by atoms with E-state index in [4.69, 9.17) is 4.74 Å². The zero-order valence-corrected chi connectivity index (χ0v) is 13.5. The predicted octanol–water partition coefficient (Wildman–Crippen LogP) is 5.14. The molecule has 0 amide bonds. The molecule has 0 radical (unpaired) electrons. The largest absolute Gasteiger partial charge is 0.493 e. The highest BCUT2D eigenvalue weighted by Gasteiger charge is 2.11. The van der Waals surface area contributed by atoms with Crippen LogP contribution in [0, 0.1) is 6.92 Å². The molecule has 0 atom stereocenters. The summed E-state index contributed by atoms with van der Waals surface area (Å²) in [6, 6.07) is 10.2. The van der Waals surface area contributed by atoms with E-state index in [1.807, 2.05) is 36.6 Å². The van der Waals surface area contributed by atoms with Gasteiger partial charge in [-0.3, -0.25) is 0 Å². The van der Waals surface area contributed by atoms with E-state index in [2.05, 4.69) is 38.2 Å². The predicted molar refractivity (Wildman–Crippen MR) is 91.5 cm³/mol. The summed E-state index contributed by atoms with van der Waals surface area (Å²) in [6.45, 7) is 4.67. The molecule has 0 spiro atoms. The minimum atomic E-state index is 0.637. The summed E-state index contributed by atoms with van der Waals surface area (Å²) in [6.07, 6.45) is 0. The van der Waals surface area contributed by atoms with Gasteiger partial charge in [0.1, 0.15) is 5.75 Å². The molecule has 0 aliphatic rings. The molecule has 0 aliphatic carbocycles. The second-order valence-corrected chi connectivity index (χ2v) is 5.95. The molecule has 1 aromatic carbocycles. The van der Waals surface area contributed by atoms with Crippen molar-refractivity contribution in [3.05, 3.63) is 51.7 Å². The number of thiophene rings is 1. The molecule has 0 bridgehead atoms. The Bertz CT molecular complexity index is 585. The quantitative estimate of drug-likeness (QED) is 0.744. The van der Waals surface area contributed by atoms with Gasteiger partial charge >= 0.3 is 0 Å². The monoisotopic (exact) mass is 308 g/mol. The molecule has 1 aromatic heterocycles. The molecule has 0 aliphatic heterocycles. The van der Waals surface area contributed by atoms with Gasteiger partial charge in [0.05, 0.1) is 6.61 Å². The van der Waals surface area contributed by atoms with Crippen molar-refractivity contribution in [2.75, 3.05) is 6.61 Å². The van der Waals surface area contributed by atoms with Gasteiger partial charge in [0.2, 0.25) is 0 Å². The molecule has 2 rings (SSSR count). The van der Waals surface area contributed by atoms with Gasteiger partial charge in [0.15, 0.2) is 0 Å². The Hall–Kier alpha value is -0.840. The Morgan fingerprint density at radius 2 is 2.00 bits per heavy atom. The van der Waals surface area contributed by atoms with E-state index in [1.54, 1.807) is 11.3 Å². The first kappa shape index (κ1) is 14.6. The Morgan fingerprint density at radius 1 is 1.21 bits per heavy atom. The second-order valence-electron chi connectivity index (χ2n) is 4.11. The van der Waals surface area contributed by atoms with E-state index < -0.39 is 0 Å². The average Bonchev–Trinajstić information content (AvgIpc) is 2.93. The van der Waals surface area contributed by atoms with Gasteiger partial charge in [-0.1, -0.05) is 17.7 Å². The van der Waals surface area contributed by atoms with Gasteiger partial charge in [-0.15, -0.1) is 36.6 Å². The van der Waals surface area contributed by atoms with Gasteiger partial charge in [-0.25, -0.2) is 0 Å². The van der Waals surface area contributed by atoms with Crippen molar-refractivity contribution in [2.45, 2.75) is 13.8 Å². The van der Waals surface area contributed by atoms with Crippen molar-refractivity contribution in [1.82, 2.24) is 0 Å². The lowest BCUT2D eigenvalue weighted by Crippen LogP contribution is -1.96. The third-order valence-electron chi connectivity index (χ3n) is 2.67. The van der Waals surface area contributed by atoms with Gasteiger partial charge in [-0.2, -0.15) is 0 Å². The van der Waals surface area contributed by atoms with Crippen LogP contribution in [0.4, 0.5) is 0 Å². The number of aryl methyl sites for hydroxylation is 1. The van der Waals surface area contributed by atoms with E-state index in [0.29, 0.717) is 6.61 Å². The Labute approximate surface area is 129 Å². The molecular weight excluding hydrogens is 292 g/mol. The van der Waals surface area contributed by atoms with Crippen molar-refractivity contribution < 1.29 is 4.74 Å². The topological polar surface area (TPSA) is 9.23 Å². The maximum absolute atomic E-state index is 5.67. The maximum atomic E-state index is 5.67. The standard InChI is InChI=1S/C15H16OS3/c1-3-16-12-7-6-10(2)9-11(12)14(17)15(18)13-5-4-8-19-13/h4-9,17-18H,3H2,1-2H3. The lowest BCUT2D eigenvalue weighted by molar-refractivity contribution is 0.339. The zero-order valence-electron chi connectivity index (χ0n) is 10.9. The minimum absolute atomic E-state index is 0.637. The summed E-state index contributed by atoms with van der Waals surface area (Å²) < 4.78 is 5.67. The smallest absolute Gasteiger partial charge is 0.127 e. The van der Waals surface area contributed by atoms with Gasteiger partial charge in [0.25, 0.3) is 0 Å². The fourth-order valence-corrected chi connectivity index (χ4v) is 3.17. The summed E-state index contributed by atoms with van der Waals surface area (Å²) in [5, 5.41) is 2.03. The summed E-state index contributed by atoms with van der Waals surface area (Å²) in [5.41, 5.74) is 2.17. The first-order valence-electron chi connectivity index (χ1n) is 6.03. The molecule has 19 heavy (non-hydrogen) atoms. The van der Waals surface area contributed by atoms with E-state index >= 15 is 0 Å². The molecule has 2 aromatic rings. The maximum Gasteiger partial charge on any atom is 0.127 e. The number of ether oxygens (including phenoxy) is 1. The van der Waals surface area contributed by atoms with Crippen LogP contribution in [0.15, 0.2) is 35.7 Å². The van der Waals surface area contributed by atoms with Crippen LogP contribution >= 0.6 is 36.6 Å².